The lowest BCUT2D eigenvalue weighted by Crippen LogP contribution is -2.51. The third-order valence-corrected chi connectivity index (χ3v) is 5.03. The number of benzene rings is 1. The van der Waals surface area contributed by atoms with Crippen LogP contribution in [0.15, 0.2) is 24.3 Å². The second-order valence-electron chi connectivity index (χ2n) is 6.35. The van der Waals surface area contributed by atoms with Gasteiger partial charge in [-0.05, 0) is 30.5 Å². The van der Waals surface area contributed by atoms with E-state index < -0.39 is 0 Å². The van der Waals surface area contributed by atoms with E-state index in [0.29, 0.717) is 6.54 Å². The van der Waals surface area contributed by atoms with Crippen LogP contribution in [-0.4, -0.2) is 31.4 Å². The highest BCUT2D eigenvalue weighted by Crippen LogP contribution is 2.39. The lowest BCUT2D eigenvalue weighted by Gasteiger charge is -2.37. The molecule has 1 saturated heterocycles. The normalized spacial score (nSPS) is 21.6. The van der Waals surface area contributed by atoms with Crippen LogP contribution in [-0.2, 0) is 15.0 Å². The van der Waals surface area contributed by atoms with E-state index in [1.807, 2.05) is 12.1 Å². The van der Waals surface area contributed by atoms with Crippen LogP contribution >= 0.6 is 0 Å². The molecule has 1 heterocycles. The number of hydrogen-bond acceptors (Lipinski definition) is 3. The van der Waals surface area contributed by atoms with Crippen molar-refractivity contribution in [2.24, 2.45) is 5.73 Å². The third-order valence-electron chi connectivity index (χ3n) is 5.03. The van der Waals surface area contributed by atoms with Crippen LogP contribution in [0.25, 0.3) is 0 Å². The molecule has 0 aromatic heterocycles. The molecule has 5 heteroatoms. The summed E-state index contributed by atoms with van der Waals surface area (Å²) in [4.78, 5) is 25.0. The van der Waals surface area contributed by atoms with Gasteiger partial charge in [0.05, 0.1) is 6.54 Å². The zero-order valence-electron chi connectivity index (χ0n) is 12.8. The van der Waals surface area contributed by atoms with Gasteiger partial charge in [0.15, 0.2) is 0 Å². The molecule has 5 nitrogen and oxygen atoms in total. The zero-order chi connectivity index (χ0) is 15.6. The summed E-state index contributed by atoms with van der Waals surface area (Å²) in [6.45, 7) is 0.838. The fraction of sp³-hybridized carbons (Fsp3) is 0.529. The van der Waals surface area contributed by atoms with E-state index in [9.17, 15) is 9.59 Å². The number of piperazine rings is 1. The summed E-state index contributed by atoms with van der Waals surface area (Å²) < 4.78 is 0. The van der Waals surface area contributed by atoms with Crippen molar-refractivity contribution in [3.05, 3.63) is 29.8 Å². The van der Waals surface area contributed by atoms with Crippen LogP contribution in [0.4, 0.5) is 5.69 Å². The number of nitrogens with zero attached hydrogens (tertiary/aromatic N) is 1. The van der Waals surface area contributed by atoms with E-state index in [-0.39, 0.29) is 30.3 Å². The Hall–Kier alpha value is -1.88. The molecule has 1 aliphatic heterocycles. The monoisotopic (exact) mass is 301 g/mol. The molecule has 2 aliphatic rings. The van der Waals surface area contributed by atoms with Crippen molar-refractivity contribution < 1.29 is 9.59 Å². The molecule has 2 amide bonds. The summed E-state index contributed by atoms with van der Waals surface area (Å²) in [5, 5.41) is 2.56. The van der Waals surface area contributed by atoms with Crippen LogP contribution in [0.3, 0.4) is 0 Å². The first-order chi connectivity index (χ1) is 10.6. The average molecular weight is 301 g/mol. The van der Waals surface area contributed by atoms with Gasteiger partial charge in [-0.1, -0.05) is 31.4 Å². The van der Waals surface area contributed by atoms with E-state index in [1.54, 1.807) is 4.90 Å². The highest BCUT2D eigenvalue weighted by molar-refractivity contribution is 6.04. The highest BCUT2D eigenvalue weighted by atomic mass is 16.2. The molecule has 0 unspecified atom stereocenters. The Morgan fingerprint density at radius 2 is 1.77 bits per heavy atom. The second kappa shape index (κ2) is 6.08. The molecule has 0 radical (unpaired) electrons. The van der Waals surface area contributed by atoms with E-state index in [4.69, 9.17) is 5.73 Å². The molecule has 3 rings (SSSR count). The molecule has 3 N–H and O–H groups in total. The quantitative estimate of drug-likeness (QED) is 0.884. The Morgan fingerprint density at radius 3 is 2.41 bits per heavy atom. The lowest BCUT2D eigenvalue weighted by atomic mass is 9.69. The van der Waals surface area contributed by atoms with Gasteiger partial charge in [-0.15, -0.1) is 0 Å². The molecule has 1 saturated carbocycles. The topological polar surface area (TPSA) is 75.4 Å². The zero-order valence-corrected chi connectivity index (χ0v) is 12.8. The Morgan fingerprint density at radius 1 is 1.09 bits per heavy atom. The summed E-state index contributed by atoms with van der Waals surface area (Å²) in [5.74, 6) is -0.187. The lowest BCUT2D eigenvalue weighted by molar-refractivity contribution is -0.128. The van der Waals surface area contributed by atoms with Crippen LogP contribution in [0, 0.1) is 0 Å². The smallest absolute Gasteiger partial charge is 0.246 e. The number of carbonyl (C=O) groups excluding carboxylic acids is 2. The van der Waals surface area contributed by atoms with Crippen LogP contribution in [0.1, 0.15) is 37.7 Å². The van der Waals surface area contributed by atoms with E-state index in [1.165, 1.54) is 24.8 Å². The van der Waals surface area contributed by atoms with Crippen molar-refractivity contribution >= 4 is 17.5 Å². The maximum atomic E-state index is 11.9. The minimum atomic E-state index is -0.116. The van der Waals surface area contributed by atoms with Crippen molar-refractivity contribution in [1.29, 1.82) is 0 Å². The molecule has 1 aliphatic carbocycles. The van der Waals surface area contributed by atoms with E-state index in [0.717, 1.165) is 18.5 Å². The summed E-state index contributed by atoms with van der Waals surface area (Å²) in [6.07, 6.45) is 6.01. The maximum absolute atomic E-state index is 11.9. The highest BCUT2D eigenvalue weighted by Gasteiger charge is 2.32. The Labute approximate surface area is 130 Å². The minimum absolute atomic E-state index is 0.0708. The van der Waals surface area contributed by atoms with Crippen molar-refractivity contribution in [3.63, 3.8) is 0 Å². The van der Waals surface area contributed by atoms with Crippen molar-refractivity contribution in [2.45, 2.75) is 37.5 Å². The number of nitrogens with two attached hydrogens (primary N) is 1. The first-order valence-electron chi connectivity index (χ1n) is 8.02. The molecule has 0 spiro atoms. The van der Waals surface area contributed by atoms with Gasteiger partial charge in [-0.25, -0.2) is 0 Å². The van der Waals surface area contributed by atoms with E-state index in [2.05, 4.69) is 17.4 Å². The Bertz CT molecular complexity index is 562. The Balaban J connectivity index is 1.82. The number of anilines is 1. The van der Waals surface area contributed by atoms with Gasteiger partial charge in [-0.3, -0.25) is 9.59 Å². The summed E-state index contributed by atoms with van der Waals surface area (Å²) in [6, 6.07) is 8.04. The Kier molecular flexibility index (Phi) is 4.16. The van der Waals surface area contributed by atoms with Crippen LogP contribution in [0.5, 0.6) is 0 Å². The number of amides is 2. The standard InChI is InChI=1S/C17H23N3O2/c18-12-17(8-2-1-3-9-17)13-4-6-14(7-5-13)20-11-15(21)19-10-16(20)22/h4-7H,1-3,8-12,18H2,(H,19,21). The van der Waals surface area contributed by atoms with Gasteiger partial charge in [0.25, 0.3) is 0 Å². The van der Waals surface area contributed by atoms with Gasteiger partial charge in [-0.2, -0.15) is 0 Å². The molecular formula is C17H23N3O2. The first kappa shape index (κ1) is 15.0. The number of rotatable bonds is 3. The largest absolute Gasteiger partial charge is 0.345 e. The average Bonchev–Trinajstić information content (AvgIpc) is 2.58. The van der Waals surface area contributed by atoms with Crippen molar-refractivity contribution in [3.8, 4) is 0 Å². The fourth-order valence-corrected chi connectivity index (χ4v) is 3.63. The molecule has 1 aromatic carbocycles. The van der Waals surface area contributed by atoms with Gasteiger partial charge >= 0.3 is 0 Å². The van der Waals surface area contributed by atoms with E-state index >= 15 is 0 Å². The maximum Gasteiger partial charge on any atom is 0.246 e. The number of carbonyl (C=O) groups is 2. The van der Waals surface area contributed by atoms with Crippen LogP contribution < -0.4 is 16.0 Å². The molecule has 0 bridgehead atoms. The molecule has 22 heavy (non-hydrogen) atoms. The molecule has 118 valence electrons. The number of nitrogens with one attached hydrogen (secondary N) is 1. The first-order valence-corrected chi connectivity index (χ1v) is 8.02. The van der Waals surface area contributed by atoms with Gasteiger partial charge < -0.3 is 16.0 Å². The van der Waals surface area contributed by atoms with Crippen molar-refractivity contribution in [1.82, 2.24) is 5.32 Å². The van der Waals surface area contributed by atoms with Gasteiger partial charge in [0.1, 0.15) is 6.54 Å². The summed E-state index contributed by atoms with van der Waals surface area (Å²) in [5.41, 5.74) is 8.20. The predicted molar refractivity (Wildman–Crippen MR) is 85.6 cm³/mol. The fourth-order valence-electron chi connectivity index (χ4n) is 3.63. The SMILES string of the molecule is NCC1(c2ccc(N3CC(=O)NCC3=O)cc2)CCCCC1. The summed E-state index contributed by atoms with van der Waals surface area (Å²) in [7, 11) is 0. The minimum Gasteiger partial charge on any atom is -0.345 e. The molecule has 0 atom stereocenters. The molecule has 1 aromatic rings. The second-order valence-corrected chi connectivity index (χ2v) is 6.35. The van der Waals surface area contributed by atoms with Crippen molar-refractivity contribution in [2.75, 3.05) is 24.5 Å². The summed E-state index contributed by atoms with van der Waals surface area (Å²) >= 11 is 0. The number of hydrogen-bond donors (Lipinski definition) is 2. The van der Waals surface area contributed by atoms with Gasteiger partial charge in [0, 0.05) is 17.6 Å². The predicted octanol–water partition coefficient (Wildman–Crippen LogP) is 1.31. The molecule has 2 fully saturated rings. The van der Waals surface area contributed by atoms with Gasteiger partial charge in [0.2, 0.25) is 11.8 Å². The molecular weight excluding hydrogens is 278 g/mol. The third kappa shape index (κ3) is 2.73. The van der Waals surface area contributed by atoms with Crippen LogP contribution in [0.2, 0.25) is 0 Å².